The van der Waals surface area contributed by atoms with Gasteiger partial charge in [-0.15, -0.1) is 0 Å². The first-order chi connectivity index (χ1) is 7.68. The molecular weight excluding hydrogens is 217 g/mol. The fourth-order valence-corrected chi connectivity index (χ4v) is 2.47. The second kappa shape index (κ2) is 5.27. The van der Waals surface area contributed by atoms with E-state index in [9.17, 15) is 5.11 Å². The Morgan fingerprint density at radius 3 is 2.44 bits per heavy atom. The third-order valence-electron chi connectivity index (χ3n) is 3.45. The topological polar surface area (TPSA) is 23.5 Å². The summed E-state index contributed by atoms with van der Waals surface area (Å²) >= 11 is 0. The minimum Gasteiger partial charge on any atom is -0.390 e. The number of rotatable bonds is 3. The van der Waals surface area contributed by atoms with Crippen molar-refractivity contribution in [1.29, 1.82) is 0 Å². The number of hydrogen-bond donors (Lipinski definition) is 1. The SMILES string of the molecule is OC1(CCc2ccccc2)CCN(P)CC1. The number of piperidine rings is 1. The van der Waals surface area contributed by atoms with Gasteiger partial charge in [0.05, 0.1) is 5.60 Å². The van der Waals surface area contributed by atoms with Crippen molar-refractivity contribution in [2.45, 2.75) is 31.3 Å². The van der Waals surface area contributed by atoms with Gasteiger partial charge in [0.2, 0.25) is 0 Å². The average molecular weight is 237 g/mol. The second-order valence-corrected chi connectivity index (χ2v) is 5.48. The summed E-state index contributed by atoms with van der Waals surface area (Å²) in [5.41, 5.74) is 0.882. The first kappa shape index (κ1) is 12.0. The minimum atomic E-state index is -0.442. The van der Waals surface area contributed by atoms with Gasteiger partial charge in [-0.05, 0) is 31.2 Å². The zero-order chi connectivity index (χ0) is 11.4. The molecule has 2 rings (SSSR count). The number of aryl methyl sites for hydroxylation is 1. The molecular formula is C13H20NOP. The van der Waals surface area contributed by atoms with Crippen LogP contribution in [0.15, 0.2) is 30.3 Å². The quantitative estimate of drug-likeness (QED) is 0.815. The van der Waals surface area contributed by atoms with E-state index in [-0.39, 0.29) is 0 Å². The molecule has 0 saturated carbocycles. The van der Waals surface area contributed by atoms with Crippen molar-refractivity contribution in [2.75, 3.05) is 13.1 Å². The summed E-state index contributed by atoms with van der Waals surface area (Å²) in [7, 11) is 2.72. The second-order valence-electron chi connectivity index (χ2n) is 4.75. The van der Waals surface area contributed by atoms with Gasteiger partial charge in [0.1, 0.15) is 0 Å². The maximum Gasteiger partial charge on any atom is 0.0675 e. The summed E-state index contributed by atoms with van der Waals surface area (Å²) < 4.78 is 2.21. The van der Waals surface area contributed by atoms with Crippen molar-refractivity contribution in [2.24, 2.45) is 0 Å². The van der Waals surface area contributed by atoms with Crippen molar-refractivity contribution >= 4 is 9.39 Å². The molecule has 1 fully saturated rings. The molecule has 1 N–H and O–H groups in total. The van der Waals surface area contributed by atoms with Crippen LogP contribution in [0.4, 0.5) is 0 Å². The van der Waals surface area contributed by atoms with Crippen molar-refractivity contribution < 1.29 is 5.11 Å². The van der Waals surface area contributed by atoms with Crippen LogP contribution in [-0.2, 0) is 6.42 Å². The highest BCUT2D eigenvalue weighted by Crippen LogP contribution is 2.28. The third-order valence-corrected chi connectivity index (χ3v) is 3.97. The Labute approximate surface area is 99.9 Å². The molecule has 1 unspecified atom stereocenters. The summed E-state index contributed by atoms with van der Waals surface area (Å²) in [6.07, 6.45) is 3.65. The highest BCUT2D eigenvalue weighted by atomic mass is 31.0. The molecule has 1 aliphatic heterocycles. The molecule has 0 radical (unpaired) electrons. The Bertz CT molecular complexity index is 320. The fourth-order valence-electron chi connectivity index (χ4n) is 2.21. The zero-order valence-corrected chi connectivity index (χ0v) is 10.8. The molecule has 0 aromatic heterocycles. The standard InChI is InChI=1S/C13H20NOP/c15-13(8-10-14(16)11-9-13)7-6-12-4-2-1-3-5-12/h1-5,15H,6-11,16H2. The van der Waals surface area contributed by atoms with E-state index in [1.54, 1.807) is 0 Å². The largest absolute Gasteiger partial charge is 0.390 e. The van der Waals surface area contributed by atoms with Crippen LogP contribution >= 0.6 is 9.39 Å². The molecule has 1 atom stereocenters. The van der Waals surface area contributed by atoms with E-state index in [1.807, 2.05) is 6.07 Å². The van der Waals surface area contributed by atoms with Gasteiger partial charge < -0.3 is 5.11 Å². The number of benzene rings is 1. The van der Waals surface area contributed by atoms with Gasteiger partial charge in [-0.3, -0.25) is 4.67 Å². The van der Waals surface area contributed by atoms with Crippen LogP contribution in [0.1, 0.15) is 24.8 Å². The van der Waals surface area contributed by atoms with E-state index in [0.717, 1.165) is 38.8 Å². The lowest BCUT2D eigenvalue weighted by molar-refractivity contribution is -0.0106. The van der Waals surface area contributed by atoms with Crippen LogP contribution in [0.3, 0.4) is 0 Å². The smallest absolute Gasteiger partial charge is 0.0675 e. The molecule has 1 heterocycles. The summed E-state index contributed by atoms with van der Waals surface area (Å²) in [5, 5.41) is 10.4. The molecule has 0 amide bonds. The van der Waals surface area contributed by atoms with Crippen molar-refractivity contribution in [3.05, 3.63) is 35.9 Å². The maximum absolute atomic E-state index is 10.4. The summed E-state index contributed by atoms with van der Waals surface area (Å²) in [4.78, 5) is 0. The van der Waals surface area contributed by atoms with E-state index < -0.39 is 5.60 Å². The molecule has 3 heteroatoms. The van der Waals surface area contributed by atoms with Crippen LogP contribution < -0.4 is 0 Å². The van der Waals surface area contributed by atoms with Gasteiger partial charge in [0.15, 0.2) is 0 Å². The monoisotopic (exact) mass is 237 g/mol. The average Bonchev–Trinajstić information content (AvgIpc) is 2.33. The lowest BCUT2D eigenvalue weighted by Gasteiger charge is -2.36. The highest BCUT2D eigenvalue weighted by molar-refractivity contribution is 7.13. The Kier molecular flexibility index (Phi) is 3.96. The van der Waals surface area contributed by atoms with Crippen molar-refractivity contribution in [3.63, 3.8) is 0 Å². The molecule has 1 aromatic carbocycles. The maximum atomic E-state index is 10.4. The predicted molar refractivity (Wildman–Crippen MR) is 70.2 cm³/mol. The van der Waals surface area contributed by atoms with Gasteiger partial charge in [0, 0.05) is 13.1 Å². The lowest BCUT2D eigenvalue weighted by Crippen LogP contribution is -2.41. The van der Waals surface area contributed by atoms with Crippen molar-refractivity contribution in [1.82, 2.24) is 4.67 Å². The van der Waals surface area contributed by atoms with E-state index in [1.165, 1.54) is 5.56 Å². The van der Waals surface area contributed by atoms with Gasteiger partial charge in [-0.2, -0.15) is 0 Å². The molecule has 1 aromatic rings. The van der Waals surface area contributed by atoms with Crippen LogP contribution in [0.5, 0.6) is 0 Å². The molecule has 0 bridgehead atoms. The molecule has 1 saturated heterocycles. The summed E-state index contributed by atoms with van der Waals surface area (Å²) in [6, 6.07) is 10.4. The van der Waals surface area contributed by atoms with Gasteiger partial charge >= 0.3 is 0 Å². The fraction of sp³-hybridized carbons (Fsp3) is 0.538. The third kappa shape index (κ3) is 3.28. The van der Waals surface area contributed by atoms with E-state index in [2.05, 4.69) is 38.3 Å². The number of nitrogens with zero attached hydrogens (tertiary/aromatic N) is 1. The molecule has 1 aliphatic rings. The van der Waals surface area contributed by atoms with Gasteiger partial charge in [-0.1, -0.05) is 39.7 Å². The molecule has 0 aliphatic carbocycles. The van der Waals surface area contributed by atoms with E-state index in [4.69, 9.17) is 0 Å². The minimum absolute atomic E-state index is 0.442. The molecule has 0 spiro atoms. The van der Waals surface area contributed by atoms with Crippen LogP contribution in [0, 0.1) is 0 Å². The molecule has 88 valence electrons. The van der Waals surface area contributed by atoms with Crippen molar-refractivity contribution in [3.8, 4) is 0 Å². The number of aliphatic hydroxyl groups is 1. The predicted octanol–water partition coefficient (Wildman–Crippen LogP) is 2.24. The molecule has 2 nitrogen and oxygen atoms in total. The Balaban J connectivity index is 1.85. The van der Waals surface area contributed by atoms with Crippen LogP contribution in [-0.4, -0.2) is 28.5 Å². The van der Waals surface area contributed by atoms with Gasteiger partial charge in [0.25, 0.3) is 0 Å². The van der Waals surface area contributed by atoms with Crippen LogP contribution in [0.25, 0.3) is 0 Å². The summed E-state index contributed by atoms with van der Waals surface area (Å²) in [6.45, 7) is 1.96. The lowest BCUT2D eigenvalue weighted by atomic mass is 9.86. The van der Waals surface area contributed by atoms with E-state index in [0.29, 0.717) is 0 Å². The number of hydrogen-bond acceptors (Lipinski definition) is 2. The highest BCUT2D eigenvalue weighted by Gasteiger charge is 2.30. The molecule has 16 heavy (non-hydrogen) atoms. The van der Waals surface area contributed by atoms with Crippen LogP contribution in [0.2, 0.25) is 0 Å². The van der Waals surface area contributed by atoms with E-state index >= 15 is 0 Å². The Morgan fingerprint density at radius 1 is 1.19 bits per heavy atom. The zero-order valence-electron chi connectivity index (χ0n) is 9.60. The Morgan fingerprint density at radius 2 is 1.81 bits per heavy atom. The first-order valence-electron chi connectivity index (χ1n) is 5.94. The normalized spacial score (nSPS) is 20.9. The first-order valence-corrected chi connectivity index (χ1v) is 6.46. The summed E-state index contributed by atoms with van der Waals surface area (Å²) in [5.74, 6) is 0. The van der Waals surface area contributed by atoms with Gasteiger partial charge in [-0.25, -0.2) is 0 Å². The Hall–Kier alpha value is -0.430.